The third-order valence-corrected chi connectivity index (χ3v) is 5.49. The van der Waals surface area contributed by atoms with Gasteiger partial charge in [0.1, 0.15) is 6.04 Å². The highest BCUT2D eigenvalue weighted by Crippen LogP contribution is 2.16. The number of sulfonamides is 1. The van der Waals surface area contributed by atoms with Crippen LogP contribution in [-0.4, -0.2) is 38.0 Å². The number of nitrogens with two attached hydrogens (primary N) is 1. The van der Waals surface area contributed by atoms with Gasteiger partial charge >= 0.3 is 5.97 Å². The van der Waals surface area contributed by atoms with Gasteiger partial charge in [-0.3, -0.25) is 9.59 Å². The van der Waals surface area contributed by atoms with Crippen molar-refractivity contribution in [1.82, 2.24) is 4.72 Å². The number of carbonyl (C=O) groups is 2. The Labute approximate surface area is 163 Å². The van der Waals surface area contributed by atoms with Crippen molar-refractivity contribution in [2.45, 2.75) is 30.2 Å². The lowest BCUT2D eigenvalue weighted by molar-refractivity contribution is -0.139. The Morgan fingerprint density at radius 2 is 1.64 bits per heavy atom. The molecule has 2 aromatic rings. The van der Waals surface area contributed by atoms with E-state index in [9.17, 15) is 23.1 Å². The highest BCUT2D eigenvalue weighted by Gasteiger charge is 2.25. The lowest BCUT2D eigenvalue weighted by Gasteiger charge is -2.15. The SMILES string of the molecule is NCCCCC(NS(=O)(=O)c1ccc(NC(=O)c2ccccc2)cc1)C(=O)O. The minimum Gasteiger partial charge on any atom is -0.480 e. The summed E-state index contributed by atoms with van der Waals surface area (Å²) in [4.78, 5) is 23.3. The van der Waals surface area contributed by atoms with Crippen molar-refractivity contribution >= 4 is 27.6 Å². The van der Waals surface area contributed by atoms with Gasteiger partial charge in [0.2, 0.25) is 10.0 Å². The summed E-state index contributed by atoms with van der Waals surface area (Å²) in [6.45, 7) is 0.412. The Bertz CT molecular complexity index is 899. The van der Waals surface area contributed by atoms with Gasteiger partial charge in [0.25, 0.3) is 5.91 Å². The number of hydrogen-bond acceptors (Lipinski definition) is 5. The second-order valence-electron chi connectivity index (χ2n) is 6.14. The summed E-state index contributed by atoms with van der Waals surface area (Å²) in [6.07, 6.45) is 1.26. The maximum absolute atomic E-state index is 12.4. The van der Waals surface area contributed by atoms with Gasteiger partial charge < -0.3 is 16.2 Å². The van der Waals surface area contributed by atoms with Gasteiger partial charge in [0, 0.05) is 11.3 Å². The fourth-order valence-electron chi connectivity index (χ4n) is 2.49. The monoisotopic (exact) mass is 405 g/mol. The number of amides is 1. The zero-order valence-corrected chi connectivity index (χ0v) is 16.0. The van der Waals surface area contributed by atoms with E-state index >= 15 is 0 Å². The molecule has 0 saturated heterocycles. The van der Waals surface area contributed by atoms with Crippen molar-refractivity contribution in [1.29, 1.82) is 0 Å². The molecule has 0 bridgehead atoms. The number of carbonyl (C=O) groups excluding carboxylic acids is 1. The highest BCUT2D eigenvalue weighted by molar-refractivity contribution is 7.89. The molecular formula is C19H23N3O5S. The molecule has 0 spiro atoms. The average Bonchev–Trinajstić information content (AvgIpc) is 2.68. The van der Waals surface area contributed by atoms with Crippen LogP contribution in [0.15, 0.2) is 59.5 Å². The molecule has 1 unspecified atom stereocenters. The van der Waals surface area contributed by atoms with Crippen LogP contribution in [0.5, 0.6) is 0 Å². The zero-order chi connectivity index (χ0) is 20.6. The minimum atomic E-state index is -4.01. The maximum Gasteiger partial charge on any atom is 0.321 e. The standard InChI is InChI=1S/C19H23N3O5S/c20-13-5-4-8-17(19(24)25)22-28(26,27)16-11-9-15(10-12-16)21-18(23)14-6-2-1-3-7-14/h1-3,6-7,9-12,17,22H,4-5,8,13,20H2,(H,21,23)(H,24,25). The summed E-state index contributed by atoms with van der Waals surface area (Å²) in [5.74, 6) is -1.56. The third kappa shape index (κ3) is 6.15. The van der Waals surface area contributed by atoms with E-state index < -0.39 is 22.0 Å². The molecule has 0 heterocycles. The van der Waals surface area contributed by atoms with Crippen LogP contribution in [0.25, 0.3) is 0 Å². The van der Waals surface area contributed by atoms with Gasteiger partial charge in [-0.25, -0.2) is 8.42 Å². The van der Waals surface area contributed by atoms with Crippen molar-refractivity contribution in [3.8, 4) is 0 Å². The lowest BCUT2D eigenvalue weighted by atomic mass is 10.1. The molecule has 1 atom stereocenters. The smallest absolute Gasteiger partial charge is 0.321 e. The fraction of sp³-hybridized carbons (Fsp3) is 0.263. The molecule has 0 aliphatic heterocycles. The molecule has 0 aromatic heterocycles. The number of carboxylic acids is 1. The number of benzene rings is 2. The number of carboxylic acid groups (broad SMARTS) is 1. The van der Waals surface area contributed by atoms with Crippen molar-refractivity contribution < 1.29 is 23.1 Å². The Morgan fingerprint density at radius 1 is 1.00 bits per heavy atom. The first-order valence-corrected chi connectivity index (χ1v) is 10.2. The quantitative estimate of drug-likeness (QED) is 0.445. The predicted molar refractivity (Wildman–Crippen MR) is 105 cm³/mol. The molecule has 9 heteroatoms. The van der Waals surface area contributed by atoms with Crippen LogP contribution in [0.4, 0.5) is 5.69 Å². The van der Waals surface area contributed by atoms with Crippen molar-refractivity contribution in [3.63, 3.8) is 0 Å². The van der Waals surface area contributed by atoms with Crippen molar-refractivity contribution in [2.24, 2.45) is 5.73 Å². The molecule has 8 nitrogen and oxygen atoms in total. The average molecular weight is 405 g/mol. The van der Waals surface area contributed by atoms with Crippen molar-refractivity contribution in [3.05, 3.63) is 60.2 Å². The van der Waals surface area contributed by atoms with Crippen LogP contribution in [0, 0.1) is 0 Å². The Hall–Kier alpha value is -2.75. The molecule has 0 aliphatic rings. The van der Waals surface area contributed by atoms with Gasteiger partial charge in [-0.05, 0) is 55.8 Å². The summed E-state index contributed by atoms with van der Waals surface area (Å²) >= 11 is 0. The van der Waals surface area contributed by atoms with E-state index in [4.69, 9.17) is 5.73 Å². The summed E-state index contributed by atoms with van der Waals surface area (Å²) in [5, 5.41) is 11.9. The number of rotatable bonds is 10. The summed E-state index contributed by atoms with van der Waals surface area (Å²) in [5.41, 5.74) is 6.28. The summed E-state index contributed by atoms with van der Waals surface area (Å²) < 4.78 is 27.1. The molecule has 0 fully saturated rings. The number of unbranched alkanes of at least 4 members (excludes halogenated alkanes) is 1. The molecule has 2 aromatic carbocycles. The second-order valence-corrected chi connectivity index (χ2v) is 7.86. The summed E-state index contributed by atoms with van der Waals surface area (Å²) in [7, 11) is -4.01. The van der Waals surface area contributed by atoms with E-state index in [2.05, 4.69) is 10.0 Å². The highest BCUT2D eigenvalue weighted by atomic mass is 32.2. The van der Waals surface area contributed by atoms with Crippen molar-refractivity contribution in [2.75, 3.05) is 11.9 Å². The second kappa shape index (κ2) is 9.98. The molecule has 0 radical (unpaired) electrons. The van der Waals surface area contributed by atoms with E-state index in [1.54, 1.807) is 30.3 Å². The first kappa shape index (κ1) is 21.5. The molecule has 0 aliphatic carbocycles. The van der Waals surface area contributed by atoms with E-state index in [1.807, 2.05) is 0 Å². The van der Waals surface area contributed by atoms with Crippen LogP contribution in [-0.2, 0) is 14.8 Å². The molecule has 28 heavy (non-hydrogen) atoms. The first-order valence-electron chi connectivity index (χ1n) is 8.75. The van der Waals surface area contributed by atoms with Gasteiger partial charge in [0.05, 0.1) is 4.90 Å². The summed E-state index contributed by atoms with van der Waals surface area (Å²) in [6, 6.07) is 12.9. The minimum absolute atomic E-state index is 0.0877. The topological polar surface area (TPSA) is 139 Å². The number of hydrogen-bond donors (Lipinski definition) is 4. The third-order valence-electron chi connectivity index (χ3n) is 4.00. The number of nitrogens with one attached hydrogen (secondary N) is 2. The molecule has 1 amide bonds. The molecule has 5 N–H and O–H groups in total. The van der Waals surface area contributed by atoms with Gasteiger partial charge in [-0.1, -0.05) is 24.6 Å². The van der Waals surface area contributed by atoms with E-state index in [0.29, 0.717) is 30.6 Å². The fourth-order valence-corrected chi connectivity index (χ4v) is 3.71. The van der Waals surface area contributed by atoms with Gasteiger partial charge in [0.15, 0.2) is 0 Å². The molecular weight excluding hydrogens is 382 g/mol. The van der Waals surface area contributed by atoms with Crippen LogP contribution in [0.2, 0.25) is 0 Å². The van der Waals surface area contributed by atoms with Crippen LogP contribution in [0.3, 0.4) is 0 Å². The lowest BCUT2D eigenvalue weighted by Crippen LogP contribution is -2.40. The number of anilines is 1. The predicted octanol–water partition coefficient (Wildman–Crippen LogP) is 1.80. The van der Waals surface area contributed by atoms with Gasteiger partial charge in [-0.2, -0.15) is 4.72 Å². The van der Waals surface area contributed by atoms with Gasteiger partial charge in [-0.15, -0.1) is 0 Å². The molecule has 0 saturated carbocycles. The molecule has 2 rings (SSSR count). The Morgan fingerprint density at radius 3 is 2.21 bits per heavy atom. The first-order chi connectivity index (χ1) is 13.3. The largest absolute Gasteiger partial charge is 0.480 e. The van der Waals surface area contributed by atoms with E-state index in [1.165, 1.54) is 24.3 Å². The van der Waals surface area contributed by atoms with Crippen LogP contribution < -0.4 is 15.8 Å². The normalized spacial score (nSPS) is 12.3. The van der Waals surface area contributed by atoms with E-state index in [0.717, 1.165) is 0 Å². The van der Waals surface area contributed by atoms with Crippen LogP contribution in [0.1, 0.15) is 29.6 Å². The number of aliphatic carboxylic acids is 1. The molecule has 150 valence electrons. The van der Waals surface area contributed by atoms with Crippen LogP contribution >= 0.6 is 0 Å². The van der Waals surface area contributed by atoms with E-state index in [-0.39, 0.29) is 17.2 Å². The Kier molecular flexibility index (Phi) is 7.68. The maximum atomic E-state index is 12.4. The Balaban J connectivity index is 2.06. The zero-order valence-electron chi connectivity index (χ0n) is 15.2.